The maximum absolute atomic E-state index is 14.5. The lowest BCUT2D eigenvalue weighted by molar-refractivity contribution is -0.137. The number of benzene rings is 3. The van der Waals surface area contributed by atoms with E-state index >= 15 is 0 Å². The summed E-state index contributed by atoms with van der Waals surface area (Å²) >= 11 is 0. The highest BCUT2D eigenvalue weighted by atomic mass is 16.6. The first kappa shape index (κ1) is 41.9. The fourth-order valence-corrected chi connectivity index (χ4v) is 8.42. The van der Waals surface area contributed by atoms with Gasteiger partial charge in [0.25, 0.3) is 5.91 Å². The predicted octanol–water partition coefficient (Wildman–Crippen LogP) is 8.33. The molecule has 0 radical (unpaired) electrons. The van der Waals surface area contributed by atoms with Gasteiger partial charge in [-0.3, -0.25) is 19.5 Å². The Balaban J connectivity index is 0.987. The monoisotopic (exact) mass is 813 g/mol. The van der Waals surface area contributed by atoms with Crippen LogP contribution in [-0.2, 0) is 19.1 Å². The van der Waals surface area contributed by atoms with Crippen LogP contribution in [0, 0.1) is 0 Å². The molecule has 2 saturated heterocycles. The molecule has 3 aliphatic rings. The minimum atomic E-state index is -0.812. The van der Waals surface area contributed by atoms with Crippen LogP contribution in [0.25, 0.3) is 28.0 Å². The van der Waals surface area contributed by atoms with Gasteiger partial charge in [-0.25, -0.2) is 14.6 Å². The summed E-state index contributed by atoms with van der Waals surface area (Å²) in [4.78, 5) is 71.0. The molecule has 4 heterocycles. The van der Waals surface area contributed by atoms with Crippen molar-refractivity contribution in [2.24, 2.45) is 4.99 Å². The highest BCUT2D eigenvalue weighted by molar-refractivity contribution is 6.04. The number of hydrogen-bond acceptors (Lipinski definition) is 8. The number of likely N-dealkylation sites (tertiary alicyclic amines) is 2. The highest BCUT2D eigenvalue weighted by Crippen LogP contribution is 2.36. The number of nitrogens with zero attached hydrogens (tertiary/aromatic N) is 5. The number of amides is 4. The highest BCUT2D eigenvalue weighted by Gasteiger charge is 2.41. The van der Waals surface area contributed by atoms with Crippen molar-refractivity contribution in [3.63, 3.8) is 0 Å². The van der Waals surface area contributed by atoms with Crippen molar-refractivity contribution in [2.75, 3.05) is 26.7 Å². The third-order valence-electron chi connectivity index (χ3n) is 11.4. The Labute approximate surface area is 351 Å². The number of methoxy groups -OCH3 is 1. The molecule has 314 valence electrons. The second kappa shape index (κ2) is 17.9. The van der Waals surface area contributed by atoms with E-state index in [0.717, 1.165) is 76.3 Å². The molecule has 3 aliphatic heterocycles. The average Bonchev–Trinajstić information content (AvgIpc) is 4.09. The molecular weight excluding hydrogens is 759 g/mol. The molecule has 4 aromatic rings. The van der Waals surface area contributed by atoms with Gasteiger partial charge in [-0.2, -0.15) is 0 Å². The van der Waals surface area contributed by atoms with Gasteiger partial charge in [0.15, 0.2) is 0 Å². The van der Waals surface area contributed by atoms with E-state index in [4.69, 9.17) is 9.73 Å². The maximum Gasteiger partial charge on any atom is 0.411 e. The minimum absolute atomic E-state index is 0.121. The lowest BCUT2D eigenvalue weighted by atomic mass is 9.96. The zero-order chi connectivity index (χ0) is 42.6. The number of alkyl carbamates (subject to hydrolysis) is 1. The molecule has 7 rings (SSSR count). The quantitative estimate of drug-likeness (QED) is 0.155. The smallest absolute Gasteiger partial charge is 0.411 e. The molecule has 2 fully saturated rings. The van der Waals surface area contributed by atoms with E-state index in [-0.39, 0.29) is 23.9 Å². The van der Waals surface area contributed by atoms with Gasteiger partial charge >= 0.3 is 12.2 Å². The Morgan fingerprint density at radius 1 is 0.850 bits per heavy atom. The second-order valence-electron chi connectivity index (χ2n) is 16.6. The molecule has 60 heavy (non-hydrogen) atoms. The molecule has 3 aromatic carbocycles. The molecule has 0 bridgehead atoms. The Kier molecular flexibility index (Phi) is 12.5. The van der Waals surface area contributed by atoms with Crippen LogP contribution in [0.4, 0.5) is 9.59 Å². The van der Waals surface area contributed by atoms with Crippen molar-refractivity contribution in [1.82, 2.24) is 30.0 Å². The number of carbonyl (C=O) groups excluding carboxylic acids is 4. The number of aromatic nitrogens is 2. The van der Waals surface area contributed by atoms with Crippen LogP contribution in [0.15, 0.2) is 96.3 Å². The summed E-state index contributed by atoms with van der Waals surface area (Å²) in [5, 5.41) is 2.57. The van der Waals surface area contributed by atoms with Gasteiger partial charge in [0.1, 0.15) is 23.5 Å². The first-order valence-corrected chi connectivity index (χ1v) is 20.9. The van der Waals surface area contributed by atoms with E-state index in [1.165, 1.54) is 12.0 Å². The molecule has 1 unspecified atom stereocenters. The van der Waals surface area contributed by atoms with Crippen LogP contribution in [-0.4, -0.2) is 98.8 Å². The van der Waals surface area contributed by atoms with Gasteiger partial charge < -0.3 is 29.6 Å². The van der Waals surface area contributed by atoms with E-state index in [1.807, 2.05) is 69.1 Å². The van der Waals surface area contributed by atoms with Crippen molar-refractivity contribution >= 4 is 35.3 Å². The van der Waals surface area contributed by atoms with Gasteiger partial charge in [-0.15, -0.1) is 0 Å². The molecule has 13 heteroatoms. The van der Waals surface area contributed by atoms with Crippen molar-refractivity contribution < 1.29 is 28.7 Å². The van der Waals surface area contributed by atoms with Crippen LogP contribution in [0.2, 0.25) is 0 Å². The first-order chi connectivity index (χ1) is 28.8. The first-order valence-electron chi connectivity index (χ1n) is 20.9. The van der Waals surface area contributed by atoms with Gasteiger partial charge in [0.2, 0.25) is 5.91 Å². The van der Waals surface area contributed by atoms with Crippen LogP contribution in [0.1, 0.15) is 95.8 Å². The molecule has 0 saturated carbocycles. The lowest BCUT2D eigenvalue weighted by Crippen LogP contribution is -2.49. The number of aliphatic imine (C=N–C) groups is 1. The number of hydrogen-bond donors (Lipinski definition) is 2. The molecule has 0 spiro atoms. The molecule has 4 atom stereocenters. The number of likely N-dealkylation sites (N-methyl/N-ethyl adjacent to an activating group) is 1. The van der Waals surface area contributed by atoms with Crippen molar-refractivity contribution in [3.05, 3.63) is 108 Å². The summed E-state index contributed by atoms with van der Waals surface area (Å²) in [6.45, 7) is 10.5. The van der Waals surface area contributed by atoms with E-state index in [0.29, 0.717) is 26.1 Å². The third kappa shape index (κ3) is 9.15. The standard InChI is InChI=1S/C47H55N7O6/c1-7-52(46(58)60-47(3,4)5)41(35-13-9-8-10-14-35)44(56)53-25-11-15-39(53)37-27-36(28-48-37)33-19-17-31(18-20-33)32-21-23-34(24-22-32)38-29-49-42(51-38)40-16-12-26-54(40)43(55)30(2)50-45(57)59-6/h8-10,13-14,17-24,28-30,39-41H,7,11-12,15-16,25-27H2,1-6H3,(H,49,51)(H,50,57)/t30-,39-,40?,41+/m0/s1. The normalized spacial score (nSPS) is 18.7. The van der Waals surface area contributed by atoms with Crippen molar-refractivity contribution in [2.45, 2.75) is 96.5 Å². The van der Waals surface area contributed by atoms with Crippen LogP contribution >= 0.6 is 0 Å². The minimum Gasteiger partial charge on any atom is -0.453 e. The number of allylic oxidation sites excluding steroid dienone is 1. The number of carbonyl (C=O) groups is 4. The number of aromatic amines is 1. The molecular formula is C47H55N7O6. The average molecular weight is 814 g/mol. The number of imidazole rings is 1. The van der Waals surface area contributed by atoms with Gasteiger partial charge in [0.05, 0.1) is 31.1 Å². The Hall–Kier alpha value is -6.24. The fraction of sp³-hybridized carbons (Fsp3) is 0.404. The summed E-state index contributed by atoms with van der Waals surface area (Å²) in [5.41, 5.74) is 7.18. The van der Waals surface area contributed by atoms with Crippen LogP contribution in [0.5, 0.6) is 0 Å². The fourth-order valence-electron chi connectivity index (χ4n) is 8.42. The Morgan fingerprint density at radius 3 is 2.07 bits per heavy atom. The van der Waals surface area contributed by atoms with E-state index in [1.54, 1.807) is 18.0 Å². The topological polar surface area (TPSA) is 150 Å². The lowest BCUT2D eigenvalue weighted by Gasteiger charge is -2.36. The number of ether oxygens (including phenoxy) is 2. The van der Waals surface area contributed by atoms with Crippen LogP contribution < -0.4 is 5.32 Å². The third-order valence-corrected chi connectivity index (χ3v) is 11.4. The van der Waals surface area contributed by atoms with Gasteiger partial charge in [-0.1, -0.05) is 78.9 Å². The zero-order valence-electron chi connectivity index (χ0n) is 35.3. The number of nitrogens with one attached hydrogen (secondary N) is 2. The number of H-pyrrole nitrogens is 1. The van der Waals surface area contributed by atoms with Crippen molar-refractivity contribution in [3.8, 4) is 22.4 Å². The Morgan fingerprint density at radius 2 is 1.45 bits per heavy atom. The molecule has 13 nitrogen and oxygen atoms in total. The van der Waals surface area contributed by atoms with Crippen LogP contribution in [0.3, 0.4) is 0 Å². The van der Waals surface area contributed by atoms with Crippen molar-refractivity contribution in [1.29, 1.82) is 0 Å². The summed E-state index contributed by atoms with van der Waals surface area (Å²) in [7, 11) is 1.27. The van der Waals surface area contributed by atoms with E-state index in [2.05, 4.69) is 68.6 Å². The maximum atomic E-state index is 14.5. The summed E-state index contributed by atoms with van der Waals surface area (Å²) in [6, 6.07) is 24.4. The number of rotatable bonds is 11. The van der Waals surface area contributed by atoms with Gasteiger partial charge in [0, 0.05) is 38.0 Å². The summed E-state index contributed by atoms with van der Waals surface area (Å²) < 4.78 is 10.4. The molecule has 2 N–H and O–H groups in total. The molecule has 4 amide bonds. The van der Waals surface area contributed by atoms with Gasteiger partial charge in [-0.05, 0) is 93.7 Å². The Bertz CT molecular complexity index is 2240. The second-order valence-corrected chi connectivity index (χ2v) is 16.6. The summed E-state index contributed by atoms with van der Waals surface area (Å²) in [5.74, 6) is 0.429. The largest absolute Gasteiger partial charge is 0.453 e. The van der Waals surface area contributed by atoms with E-state index < -0.39 is 29.9 Å². The molecule has 0 aliphatic carbocycles. The SMILES string of the molecule is CCN(C(=O)OC(C)(C)C)[C@@H](C(=O)N1CCC[C@H]1C1=NC=C(c2ccc(-c3ccc(-c4cnc(C5CCCN5C(=O)[C@H](C)NC(=O)OC)[nH]4)cc3)cc2)C1)c1ccccc1. The predicted molar refractivity (Wildman–Crippen MR) is 231 cm³/mol. The zero-order valence-corrected chi connectivity index (χ0v) is 35.3. The molecule has 1 aromatic heterocycles. The van der Waals surface area contributed by atoms with E-state index in [9.17, 15) is 19.2 Å². The summed E-state index contributed by atoms with van der Waals surface area (Å²) in [6.07, 6.45) is 6.52.